The zero-order valence-corrected chi connectivity index (χ0v) is 11.9. The molecule has 1 nitrogen and oxygen atoms in total. The number of halogens is 3. The Kier molecular flexibility index (Phi) is 4.52. The second kappa shape index (κ2) is 5.77. The van der Waals surface area contributed by atoms with E-state index in [1.807, 2.05) is 0 Å². The quantitative estimate of drug-likeness (QED) is 0.721. The SMILES string of the molecule is COC1(CC(Cl)Cc2c(F)cccc2Cl)CCC1. The normalized spacial score (nSPS) is 19.3. The van der Waals surface area contributed by atoms with Gasteiger partial charge < -0.3 is 4.74 Å². The van der Waals surface area contributed by atoms with Gasteiger partial charge in [0.25, 0.3) is 0 Å². The standard InChI is InChI=1S/C14H17Cl2FO/c1-18-14(6-3-7-14)9-10(15)8-11-12(16)4-2-5-13(11)17/h2,4-5,10H,3,6-9H2,1H3. The van der Waals surface area contributed by atoms with Gasteiger partial charge in [0.15, 0.2) is 0 Å². The van der Waals surface area contributed by atoms with Gasteiger partial charge in [0, 0.05) is 23.1 Å². The number of rotatable bonds is 5. The molecular weight excluding hydrogens is 274 g/mol. The lowest BCUT2D eigenvalue weighted by Crippen LogP contribution is -2.41. The third-order valence-electron chi connectivity index (χ3n) is 3.78. The zero-order chi connectivity index (χ0) is 13.2. The predicted octanol–water partition coefficient (Wildman–Crippen LogP) is 4.59. The van der Waals surface area contributed by atoms with E-state index in [4.69, 9.17) is 27.9 Å². The van der Waals surface area contributed by atoms with Crippen molar-refractivity contribution in [3.05, 3.63) is 34.6 Å². The molecule has 0 bridgehead atoms. The Morgan fingerprint density at radius 3 is 2.67 bits per heavy atom. The van der Waals surface area contributed by atoms with Gasteiger partial charge in [-0.05, 0) is 44.2 Å². The summed E-state index contributed by atoms with van der Waals surface area (Å²) in [5, 5.41) is 0.292. The molecule has 1 aliphatic rings. The van der Waals surface area contributed by atoms with Gasteiger partial charge in [-0.2, -0.15) is 0 Å². The highest BCUT2D eigenvalue weighted by Gasteiger charge is 2.38. The molecule has 0 radical (unpaired) electrons. The largest absolute Gasteiger partial charge is 0.378 e. The van der Waals surface area contributed by atoms with Crippen LogP contribution in [-0.4, -0.2) is 18.1 Å². The minimum atomic E-state index is -0.284. The zero-order valence-electron chi connectivity index (χ0n) is 10.4. The van der Waals surface area contributed by atoms with Crippen LogP contribution in [0.2, 0.25) is 5.02 Å². The third-order valence-corrected chi connectivity index (χ3v) is 4.44. The Morgan fingerprint density at radius 2 is 2.17 bits per heavy atom. The lowest BCUT2D eigenvalue weighted by atomic mass is 9.76. The second-order valence-electron chi connectivity index (χ2n) is 4.95. The van der Waals surface area contributed by atoms with Gasteiger partial charge in [-0.25, -0.2) is 4.39 Å². The van der Waals surface area contributed by atoms with Crippen LogP contribution in [0, 0.1) is 5.82 Å². The van der Waals surface area contributed by atoms with Crippen molar-refractivity contribution in [1.29, 1.82) is 0 Å². The summed E-state index contributed by atoms with van der Waals surface area (Å²) in [4.78, 5) is 0. The minimum Gasteiger partial charge on any atom is -0.378 e. The average Bonchev–Trinajstić information content (AvgIpc) is 2.29. The fourth-order valence-electron chi connectivity index (χ4n) is 2.49. The van der Waals surface area contributed by atoms with Crippen molar-refractivity contribution < 1.29 is 9.13 Å². The lowest BCUT2D eigenvalue weighted by molar-refractivity contribution is -0.0777. The van der Waals surface area contributed by atoms with E-state index >= 15 is 0 Å². The molecule has 0 aliphatic heterocycles. The number of methoxy groups -OCH3 is 1. The fraction of sp³-hybridized carbons (Fsp3) is 0.571. The molecule has 1 aromatic carbocycles. The van der Waals surface area contributed by atoms with Gasteiger partial charge in [0.1, 0.15) is 5.82 Å². The topological polar surface area (TPSA) is 9.23 Å². The summed E-state index contributed by atoms with van der Waals surface area (Å²) in [6, 6.07) is 4.71. The second-order valence-corrected chi connectivity index (χ2v) is 5.97. The summed E-state index contributed by atoms with van der Waals surface area (Å²) in [7, 11) is 1.72. The van der Waals surface area contributed by atoms with Crippen LogP contribution in [-0.2, 0) is 11.2 Å². The minimum absolute atomic E-state index is 0.0931. The van der Waals surface area contributed by atoms with Crippen LogP contribution in [0.3, 0.4) is 0 Å². The van der Waals surface area contributed by atoms with E-state index in [2.05, 4.69) is 0 Å². The van der Waals surface area contributed by atoms with Crippen molar-refractivity contribution >= 4 is 23.2 Å². The van der Waals surface area contributed by atoms with Crippen LogP contribution in [0.4, 0.5) is 4.39 Å². The predicted molar refractivity (Wildman–Crippen MR) is 73.0 cm³/mol. The number of ether oxygens (including phenoxy) is 1. The van der Waals surface area contributed by atoms with Crippen LogP contribution < -0.4 is 0 Å². The molecule has 2 rings (SSSR count). The Balaban J connectivity index is 2.01. The maximum atomic E-state index is 13.6. The first-order chi connectivity index (χ1) is 8.56. The summed E-state index contributed by atoms with van der Waals surface area (Å²) >= 11 is 12.3. The summed E-state index contributed by atoms with van der Waals surface area (Å²) in [6.07, 6.45) is 4.45. The molecule has 1 aliphatic carbocycles. The van der Waals surface area contributed by atoms with Crippen molar-refractivity contribution in [1.82, 2.24) is 0 Å². The van der Waals surface area contributed by atoms with Gasteiger partial charge in [-0.1, -0.05) is 17.7 Å². The molecule has 1 fully saturated rings. The molecule has 1 saturated carbocycles. The molecule has 1 aromatic rings. The highest BCUT2D eigenvalue weighted by atomic mass is 35.5. The van der Waals surface area contributed by atoms with E-state index in [0.717, 1.165) is 19.3 Å². The maximum Gasteiger partial charge on any atom is 0.127 e. The van der Waals surface area contributed by atoms with E-state index < -0.39 is 0 Å². The lowest BCUT2D eigenvalue weighted by Gasteiger charge is -2.41. The molecule has 18 heavy (non-hydrogen) atoms. The van der Waals surface area contributed by atoms with E-state index in [9.17, 15) is 4.39 Å². The van der Waals surface area contributed by atoms with Gasteiger partial charge in [0.05, 0.1) is 5.60 Å². The van der Waals surface area contributed by atoms with Crippen LogP contribution in [0.25, 0.3) is 0 Å². The van der Waals surface area contributed by atoms with Crippen molar-refractivity contribution in [2.45, 2.75) is 43.1 Å². The number of hydrogen-bond acceptors (Lipinski definition) is 1. The van der Waals surface area contributed by atoms with Crippen LogP contribution >= 0.6 is 23.2 Å². The molecule has 0 spiro atoms. The third kappa shape index (κ3) is 2.98. The van der Waals surface area contributed by atoms with E-state index in [1.165, 1.54) is 12.5 Å². The van der Waals surface area contributed by atoms with Gasteiger partial charge in [-0.15, -0.1) is 11.6 Å². The maximum absolute atomic E-state index is 13.6. The molecular formula is C14H17Cl2FO. The monoisotopic (exact) mass is 290 g/mol. The Morgan fingerprint density at radius 1 is 1.44 bits per heavy atom. The summed E-state index contributed by atoms with van der Waals surface area (Å²) in [5.41, 5.74) is 0.411. The van der Waals surface area contributed by atoms with Crippen LogP contribution in [0.15, 0.2) is 18.2 Å². The average molecular weight is 291 g/mol. The molecule has 1 unspecified atom stereocenters. The molecule has 0 heterocycles. The van der Waals surface area contributed by atoms with Crippen molar-refractivity contribution in [3.8, 4) is 0 Å². The highest BCUT2D eigenvalue weighted by Crippen LogP contribution is 2.40. The fourth-order valence-corrected chi connectivity index (χ4v) is 3.16. The van der Waals surface area contributed by atoms with Crippen molar-refractivity contribution in [2.75, 3.05) is 7.11 Å². The molecule has 0 aromatic heterocycles. The van der Waals surface area contributed by atoms with Gasteiger partial charge >= 0.3 is 0 Å². The molecule has 0 amide bonds. The molecule has 100 valence electrons. The van der Waals surface area contributed by atoms with Crippen LogP contribution in [0.5, 0.6) is 0 Å². The summed E-state index contributed by atoms with van der Waals surface area (Å²) in [6.45, 7) is 0. The molecule has 0 N–H and O–H groups in total. The van der Waals surface area contributed by atoms with Crippen molar-refractivity contribution in [3.63, 3.8) is 0 Å². The van der Waals surface area contributed by atoms with Crippen LogP contribution in [0.1, 0.15) is 31.2 Å². The van der Waals surface area contributed by atoms with E-state index in [1.54, 1.807) is 19.2 Å². The van der Waals surface area contributed by atoms with E-state index in [0.29, 0.717) is 17.0 Å². The Bertz CT molecular complexity index is 392. The molecule has 0 saturated heterocycles. The Labute approximate surface area is 117 Å². The molecule has 1 atom stereocenters. The summed E-state index contributed by atoms with van der Waals surface area (Å²) < 4.78 is 19.2. The van der Waals surface area contributed by atoms with Gasteiger partial charge in [0.2, 0.25) is 0 Å². The smallest absolute Gasteiger partial charge is 0.127 e. The number of benzene rings is 1. The van der Waals surface area contributed by atoms with Crippen molar-refractivity contribution in [2.24, 2.45) is 0 Å². The van der Waals surface area contributed by atoms with Gasteiger partial charge in [-0.3, -0.25) is 0 Å². The first kappa shape index (κ1) is 14.1. The summed E-state index contributed by atoms with van der Waals surface area (Å²) in [5.74, 6) is -0.284. The Hall–Kier alpha value is -0.310. The van der Waals surface area contributed by atoms with E-state index in [-0.39, 0.29) is 16.8 Å². The first-order valence-electron chi connectivity index (χ1n) is 6.18. The number of alkyl halides is 1. The number of hydrogen-bond donors (Lipinski definition) is 0. The highest BCUT2D eigenvalue weighted by molar-refractivity contribution is 6.31. The first-order valence-corrected chi connectivity index (χ1v) is 7.00. The molecule has 4 heteroatoms.